The predicted octanol–water partition coefficient (Wildman–Crippen LogP) is -8.78. The molecular formula is Cr6Nd2O21. The molecule has 0 aromatic carbocycles. The van der Waals surface area contributed by atoms with E-state index >= 15 is 0 Å². The van der Waals surface area contributed by atoms with Gasteiger partial charge < -0.3 is 0 Å². The van der Waals surface area contributed by atoms with Crippen LogP contribution in [0.2, 0.25) is 0 Å². The number of hydrogen-bond donors (Lipinski definition) is 0. The maximum atomic E-state index is 9.38. The second-order valence-corrected chi connectivity index (χ2v) is 13.6. The first-order valence-corrected chi connectivity index (χ1v) is 16.5. The molecule has 0 aromatic rings. The van der Waals surface area contributed by atoms with Crippen LogP contribution in [-0.2, 0) is 136 Å². The molecule has 29 heteroatoms. The van der Waals surface area contributed by atoms with E-state index in [0.29, 0.717) is 0 Å². The first-order chi connectivity index (χ1) is 11.1. The molecule has 0 bridgehead atoms. The maximum absolute atomic E-state index is 9.38. The van der Waals surface area contributed by atoms with E-state index in [1.54, 1.807) is 0 Å². The Balaban J connectivity index is -0.0000000960. The van der Waals surface area contributed by atoms with Crippen molar-refractivity contribution in [2.75, 3.05) is 0 Å². The Kier molecular flexibility index (Phi) is 23.2. The summed E-state index contributed by atoms with van der Waals surface area (Å²) >= 11 is -36.4. The molecule has 0 amide bonds. The third-order valence-electron chi connectivity index (χ3n) is 0.500. The van der Waals surface area contributed by atoms with Gasteiger partial charge in [-0.2, -0.15) is 0 Å². The van der Waals surface area contributed by atoms with Crippen molar-refractivity contribution in [2.45, 2.75) is 0 Å². The quantitative estimate of drug-likeness (QED) is 0.239. The fourth-order valence-electron chi connectivity index (χ4n) is 0.306. The van der Waals surface area contributed by atoms with Crippen molar-refractivity contribution in [3.63, 3.8) is 0 Å². The normalized spacial score (nSPS) is 12.6. The monoisotopic (exact) mass is 931 g/mol. The molecular weight excluding hydrogens is 936 g/mol. The Hall–Kier alpha value is 3.14. The first-order valence-electron chi connectivity index (χ1n) is 4.00. The van der Waals surface area contributed by atoms with Gasteiger partial charge >= 0.3 is 242 Å². The first kappa shape index (κ1) is 42.3. The van der Waals surface area contributed by atoms with Crippen LogP contribution in [0.4, 0.5) is 0 Å². The van der Waals surface area contributed by atoms with Crippen molar-refractivity contribution < 1.29 is 242 Å². The summed E-state index contributed by atoms with van der Waals surface area (Å²) in [6, 6.07) is 0. The van der Waals surface area contributed by atoms with Crippen LogP contribution in [0.1, 0.15) is 0 Å². The van der Waals surface area contributed by atoms with E-state index in [4.69, 9.17) is 0 Å². The molecule has 29 heavy (non-hydrogen) atoms. The van der Waals surface area contributed by atoms with E-state index < -0.39 is 81.7 Å². The zero-order valence-corrected chi connectivity index (χ0v) is 26.1. The standard InChI is InChI=1S/6Cr.2Nd.21O/q;;;;;;2*+3;;;;;;;;;;;;;;;;6*-1. The summed E-state index contributed by atoms with van der Waals surface area (Å²) in [4.78, 5) is 0. The molecule has 21 nitrogen and oxygen atoms in total. The molecule has 0 N–H and O–H groups in total. The fraction of sp³-hybridized carbons (Fsp3) is 0. The van der Waals surface area contributed by atoms with E-state index in [1.807, 2.05) is 0 Å². The van der Waals surface area contributed by atoms with Gasteiger partial charge in [-0.3, -0.25) is 0 Å². The third-order valence-corrected chi connectivity index (χ3v) is 8.50. The van der Waals surface area contributed by atoms with Crippen molar-refractivity contribution in [1.29, 1.82) is 0 Å². The van der Waals surface area contributed by atoms with E-state index in [-0.39, 0.29) is 81.7 Å². The Morgan fingerprint density at radius 1 is 0.310 bits per heavy atom. The van der Waals surface area contributed by atoms with Gasteiger partial charge in [0, 0.05) is 0 Å². The molecule has 0 heterocycles. The minimum atomic E-state index is -6.07. The third kappa shape index (κ3) is 59.2. The Morgan fingerprint density at radius 3 is 0.379 bits per heavy atom. The van der Waals surface area contributed by atoms with Gasteiger partial charge in [0.2, 0.25) is 0 Å². The van der Waals surface area contributed by atoms with Crippen LogP contribution < -0.4 is 24.9 Å². The van der Waals surface area contributed by atoms with Crippen molar-refractivity contribution in [3.05, 3.63) is 0 Å². The van der Waals surface area contributed by atoms with Gasteiger partial charge in [-0.05, 0) is 0 Å². The Morgan fingerprint density at radius 2 is 0.379 bits per heavy atom. The summed E-state index contributed by atoms with van der Waals surface area (Å²) in [7, 11) is 0. The summed E-state index contributed by atoms with van der Waals surface area (Å²) in [5.41, 5.74) is 0. The molecule has 0 aliphatic heterocycles. The van der Waals surface area contributed by atoms with Crippen molar-refractivity contribution in [2.24, 2.45) is 0 Å². The van der Waals surface area contributed by atoms with Crippen LogP contribution in [0.3, 0.4) is 0 Å². The summed E-state index contributed by atoms with van der Waals surface area (Å²) in [5.74, 6) is 0. The van der Waals surface area contributed by atoms with Crippen LogP contribution in [0.15, 0.2) is 0 Å². The van der Waals surface area contributed by atoms with E-state index in [2.05, 4.69) is 8.52 Å². The van der Waals surface area contributed by atoms with Gasteiger partial charge in [-0.1, -0.05) is 0 Å². The number of rotatable bonds is 6. The molecule has 0 saturated carbocycles. The van der Waals surface area contributed by atoms with Gasteiger partial charge in [0.1, 0.15) is 0 Å². The van der Waals surface area contributed by atoms with Crippen LogP contribution in [0, 0.1) is 81.7 Å². The van der Waals surface area contributed by atoms with Crippen LogP contribution in [0.5, 0.6) is 0 Å². The van der Waals surface area contributed by atoms with Gasteiger partial charge in [0.15, 0.2) is 0 Å². The zero-order chi connectivity index (χ0) is 23.1. The fourth-order valence-corrected chi connectivity index (χ4v) is 5.21. The van der Waals surface area contributed by atoms with Gasteiger partial charge in [0.05, 0.1) is 0 Å². The van der Waals surface area contributed by atoms with Crippen LogP contribution >= 0.6 is 0 Å². The topological polar surface area (TPSA) is 371 Å². The summed E-state index contributed by atoms with van der Waals surface area (Å²) in [6.07, 6.45) is 0. The van der Waals surface area contributed by atoms with E-state index in [9.17, 15) is 70.6 Å². The zero-order valence-electron chi connectivity index (χ0n) is 12.0. The second kappa shape index (κ2) is 15.9. The number of hydrogen-bond acceptors (Lipinski definition) is 21. The second-order valence-electron chi connectivity index (χ2n) is 2.65. The molecule has 0 aromatic heterocycles. The Labute approximate surface area is 237 Å². The van der Waals surface area contributed by atoms with E-state index in [0.717, 1.165) is 0 Å². The van der Waals surface area contributed by atoms with Crippen LogP contribution in [0.25, 0.3) is 0 Å². The van der Waals surface area contributed by atoms with Crippen molar-refractivity contribution in [3.8, 4) is 0 Å². The minimum absolute atomic E-state index is 0. The predicted molar refractivity (Wildman–Crippen MR) is 11.5 cm³/mol. The summed E-state index contributed by atoms with van der Waals surface area (Å²) in [5, 5.41) is 0. The average molecular weight is 936 g/mol. The SMILES string of the molecule is [Nd+3].[Nd+3].[O]=[Cr](=[O])([O-])[O][Cr](=[O])(=[O])[O-].[O]=[Cr](=[O])([O-])[O][Cr](=[O])(=[O])[O-].[O]=[Cr](=[O])([O-])[O][Cr](=[O])(=[O])[O-]. The molecule has 0 unspecified atom stereocenters. The molecule has 0 aliphatic rings. The molecule has 0 aliphatic carbocycles. The molecule has 0 fully saturated rings. The van der Waals surface area contributed by atoms with Gasteiger partial charge in [-0.25, -0.2) is 0 Å². The van der Waals surface area contributed by atoms with Crippen molar-refractivity contribution >= 4 is 0 Å². The van der Waals surface area contributed by atoms with E-state index in [1.165, 1.54) is 0 Å². The van der Waals surface area contributed by atoms with Gasteiger partial charge in [-0.15, -0.1) is 0 Å². The van der Waals surface area contributed by atoms with Crippen LogP contribution in [-0.4, -0.2) is 0 Å². The average Bonchev–Trinajstić information content (AvgIpc) is 1.96. The molecule has 170 valence electrons. The molecule has 0 atom stereocenters. The molecule has 0 saturated heterocycles. The summed E-state index contributed by atoms with van der Waals surface area (Å²) in [6.45, 7) is 0. The molecule has 2 radical (unpaired) electrons. The molecule has 0 spiro atoms. The van der Waals surface area contributed by atoms with Crippen molar-refractivity contribution in [1.82, 2.24) is 0 Å². The van der Waals surface area contributed by atoms with Gasteiger partial charge in [0.25, 0.3) is 0 Å². The Bertz CT molecular complexity index is 854. The summed E-state index contributed by atoms with van der Waals surface area (Å²) < 4.78 is 177. The molecule has 0 rings (SSSR count).